The van der Waals surface area contributed by atoms with Gasteiger partial charge in [0.1, 0.15) is 0 Å². The number of hydrogen-bond acceptors (Lipinski definition) is 4. The third kappa shape index (κ3) is 1.66. The second-order valence-electron chi connectivity index (χ2n) is 3.04. The Kier molecular flexibility index (Phi) is 2.56. The lowest BCUT2D eigenvalue weighted by molar-refractivity contribution is 0.816. The summed E-state index contributed by atoms with van der Waals surface area (Å²) in [6.07, 6.45) is 5.02. The predicted octanol–water partition coefficient (Wildman–Crippen LogP) is 1.89. The first-order valence-electron chi connectivity index (χ1n) is 4.34. The average Bonchev–Trinajstić information content (AvgIpc) is 2.65. The molecule has 0 amide bonds. The van der Waals surface area contributed by atoms with Gasteiger partial charge < -0.3 is 5.73 Å². The van der Waals surface area contributed by atoms with E-state index in [2.05, 4.69) is 16.9 Å². The first-order valence-corrected chi connectivity index (χ1v) is 5.22. The zero-order valence-corrected chi connectivity index (χ0v) is 8.66. The maximum atomic E-state index is 6.07. The molecule has 72 valence electrons. The van der Waals surface area contributed by atoms with E-state index in [9.17, 15) is 0 Å². The first-order chi connectivity index (χ1) is 6.79. The summed E-state index contributed by atoms with van der Waals surface area (Å²) in [7, 11) is 0. The maximum absolute atomic E-state index is 6.07. The van der Waals surface area contributed by atoms with E-state index in [1.165, 1.54) is 4.88 Å². The highest BCUT2D eigenvalue weighted by Gasteiger charge is 2.12. The van der Waals surface area contributed by atoms with Crippen LogP contribution in [0.2, 0.25) is 0 Å². The quantitative estimate of drug-likeness (QED) is 0.814. The molecule has 0 radical (unpaired) electrons. The number of aromatic nitrogens is 2. The standard InChI is InChI=1S/C10H11N3S/c1-7-8(2-5-14-7)10(11)9-6-12-3-4-13-9/h2-6,10H,11H2,1H3. The molecule has 0 saturated carbocycles. The zero-order valence-electron chi connectivity index (χ0n) is 7.84. The first kappa shape index (κ1) is 9.30. The smallest absolute Gasteiger partial charge is 0.0799 e. The van der Waals surface area contributed by atoms with Crippen molar-refractivity contribution in [3.63, 3.8) is 0 Å². The van der Waals surface area contributed by atoms with Crippen molar-refractivity contribution >= 4 is 11.3 Å². The Morgan fingerprint density at radius 3 is 2.86 bits per heavy atom. The van der Waals surface area contributed by atoms with Crippen molar-refractivity contribution in [2.45, 2.75) is 13.0 Å². The Morgan fingerprint density at radius 2 is 2.29 bits per heavy atom. The van der Waals surface area contributed by atoms with Crippen LogP contribution in [0.25, 0.3) is 0 Å². The molecule has 4 heteroatoms. The lowest BCUT2D eigenvalue weighted by atomic mass is 10.1. The average molecular weight is 205 g/mol. The fourth-order valence-corrected chi connectivity index (χ4v) is 2.10. The van der Waals surface area contributed by atoms with Gasteiger partial charge in [-0.15, -0.1) is 11.3 Å². The fraction of sp³-hybridized carbons (Fsp3) is 0.200. The molecule has 0 fully saturated rings. The monoisotopic (exact) mass is 205 g/mol. The zero-order chi connectivity index (χ0) is 9.97. The van der Waals surface area contributed by atoms with Gasteiger partial charge >= 0.3 is 0 Å². The van der Waals surface area contributed by atoms with Crippen molar-refractivity contribution in [3.8, 4) is 0 Å². The van der Waals surface area contributed by atoms with E-state index in [4.69, 9.17) is 5.73 Å². The van der Waals surface area contributed by atoms with Crippen LogP contribution < -0.4 is 5.73 Å². The SMILES string of the molecule is Cc1sccc1C(N)c1cnccn1. The van der Waals surface area contributed by atoms with Crippen LogP contribution in [-0.4, -0.2) is 9.97 Å². The highest BCUT2D eigenvalue weighted by Crippen LogP contribution is 2.24. The summed E-state index contributed by atoms with van der Waals surface area (Å²) < 4.78 is 0. The summed E-state index contributed by atoms with van der Waals surface area (Å²) >= 11 is 1.70. The predicted molar refractivity (Wildman–Crippen MR) is 57.1 cm³/mol. The Balaban J connectivity index is 2.34. The molecule has 0 aromatic carbocycles. The number of rotatable bonds is 2. The molecular formula is C10H11N3S. The minimum atomic E-state index is -0.157. The molecular weight excluding hydrogens is 194 g/mol. The van der Waals surface area contributed by atoms with E-state index < -0.39 is 0 Å². The normalized spacial score (nSPS) is 12.7. The molecule has 0 saturated heterocycles. The van der Waals surface area contributed by atoms with Gasteiger partial charge in [0.25, 0.3) is 0 Å². The minimum absolute atomic E-state index is 0.157. The minimum Gasteiger partial charge on any atom is -0.319 e. The van der Waals surface area contributed by atoms with Crippen LogP contribution in [0, 0.1) is 6.92 Å². The Hall–Kier alpha value is -1.26. The van der Waals surface area contributed by atoms with E-state index in [1.54, 1.807) is 29.9 Å². The molecule has 2 aromatic heterocycles. The summed E-state index contributed by atoms with van der Waals surface area (Å²) in [5.74, 6) is 0. The van der Waals surface area contributed by atoms with E-state index in [1.807, 2.05) is 11.4 Å². The van der Waals surface area contributed by atoms with Gasteiger partial charge in [-0.1, -0.05) is 0 Å². The van der Waals surface area contributed by atoms with Gasteiger partial charge in [-0.25, -0.2) is 0 Å². The van der Waals surface area contributed by atoms with Gasteiger partial charge in [0.15, 0.2) is 0 Å². The van der Waals surface area contributed by atoms with Crippen LogP contribution in [0.15, 0.2) is 30.0 Å². The Bertz CT molecular complexity index is 410. The molecule has 0 bridgehead atoms. The summed E-state index contributed by atoms with van der Waals surface area (Å²) in [6, 6.07) is 1.88. The highest BCUT2D eigenvalue weighted by atomic mass is 32.1. The number of nitrogens with zero attached hydrogens (tertiary/aromatic N) is 2. The largest absolute Gasteiger partial charge is 0.319 e. The summed E-state index contributed by atoms with van der Waals surface area (Å²) in [6.45, 7) is 2.07. The number of thiophene rings is 1. The molecule has 0 aliphatic carbocycles. The lowest BCUT2D eigenvalue weighted by Gasteiger charge is -2.09. The van der Waals surface area contributed by atoms with Crippen LogP contribution in [0.4, 0.5) is 0 Å². The van der Waals surface area contributed by atoms with Gasteiger partial charge in [-0.3, -0.25) is 9.97 Å². The number of aryl methyl sites for hydroxylation is 1. The third-order valence-electron chi connectivity index (χ3n) is 2.14. The second kappa shape index (κ2) is 3.86. The molecule has 2 rings (SSSR count). The van der Waals surface area contributed by atoms with Gasteiger partial charge in [-0.2, -0.15) is 0 Å². The molecule has 0 aliphatic rings. The van der Waals surface area contributed by atoms with Gasteiger partial charge in [-0.05, 0) is 23.9 Å². The molecule has 0 spiro atoms. The number of nitrogens with two attached hydrogens (primary N) is 1. The summed E-state index contributed by atoms with van der Waals surface area (Å²) in [5, 5.41) is 2.04. The van der Waals surface area contributed by atoms with Crippen molar-refractivity contribution in [2.75, 3.05) is 0 Å². The molecule has 1 atom stereocenters. The summed E-state index contributed by atoms with van der Waals surface area (Å²) in [5.41, 5.74) is 8.01. The van der Waals surface area contributed by atoms with Crippen molar-refractivity contribution in [2.24, 2.45) is 5.73 Å². The van der Waals surface area contributed by atoms with Crippen LogP contribution in [0.5, 0.6) is 0 Å². The van der Waals surface area contributed by atoms with Crippen LogP contribution in [0.3, 0.4) is 0 Å². The molecule has 2 N–H and O–H groups in total. The molecule has 1 unspecified atom stereocenters. The highest BCUT2D eigenvalue weighted by molar-refractivity contribution is 7.10. The second-order valence-corrected chi connectivity index (χ2v) is 4.16. The van der Waals surface area contributed by atoms with E-state index in [0.717, 1.165) is 11.3 Å². The molecule has 3 nitrogen and oxygen atoms in total. The van der Waals surface area contributed by atoms with Gasteiger partial charge in [0, 0.05) is 17.3 Å². The van der Waals surface area contributed by atoms with E-state index in [-0.39, 0.29) is 6.04 Å². The van der Waals surface area contributed by atoms with E-state index in [0.29, 0.717) is 0 Å². The van der Waals surface area contributed by atoms with Crippen molar-refractivity contribution < 1.29 is 0 Å². The molecule has 2 heterocycles. The van der Waals surface area contributed by atoms with E-state index >= 15 is 0 Å². The number of hydrogen-bond donors (Lipinski definition) is 1. The lowest BCUT2D eigenvalue weighted by Crippen LogP contribution is -2.13. The van der Waals surface area contributed by atoms with Crippen molar-refractivity contribution in [1.82, 2.24) is 9.97 Å². The van der Waals surface area contributed by atoms with Crippen molar-refractivity contribution in [3.05, 3.63) is 46.2 Å². The Morgan fingerprint density at radius 1 is 1.43 bits per heavy atom. The Labute approximate surface area is 86.6 Å². The van der Waals surface area contributed by atoms with Crippen LogP contribution >= 0.6 is 11.3 Å². The molecule has 0 aliphatic heterocycles. The molecule has 14 heavy (non-hydrogen) atoms. The fourth-order valence-electron chi connectivity index (χ4n) is 1.35. The van der Waals surface area contributed by atoms with Crippen LogP contribution in [-0.2, 0) is 0 Å². The summed E-state index contributed by atoms with van der Waals surface area (Å²) in [4.78, 5) is 9.44. The van der Waals surface area contributed by atoms with Crippen LogP contribution in [0.1, 0.15) is 22.2 Å². The molecule has 2 aromatic rings. The third-order valence-corrected chi connectivity index (χ3v) is 3.00. The van der Waals surface area contributed by atoms with Crippen molar-refractivity contribution in [1.29, 1.82) is 0 Å². The van der Waals surface area contributed by atoms with Gasteiger partial charge in [0.05, 0.1) is 17.9 Å². The maximum Gasteiger partial charge on any atom is 0.0799 e. The van der Waals surface area contributed by atoms with Gasteiger partial charge in [0.2, 0.25) is 0 Å². The topological polar surface area (TPSA) is 51.8 Å².